The summed E-state index contributed by atoms with van der Waals surface area (Å²) in [5, 5.41) is 0. The third-order valence-electron chi connectivity index (χ3n) is 1.91. The molecule has 1 atom stereocenters. The highest BCUT2D eigenvalue weighted by molar-refractivity contribution is 6.00. The first kappa shape index (κ1) is 8.21. The number of allylic oxidation sites excluding steroid dienone is 2. The molecule has 0 fully saturated rings. The summed E-state index contributed by atoms with van der Waals surface area (Å²) in [5.41, 5.74) is 0.327. The van der Waals surface area contributed by atoms with Crippen LogP contribution in [-0.2, 0) is 9.53 Å². The quantitative estimate of drug-likeness (QED) is 0.568. The van der Waals surface area contributed by atoms with Gasteiger partial charge in [-0.25, -0.2) is 0 Å². The zero-order valence-corrected chi connectivity index (χ0v) is 7.05. The number of hydrogen-bond acceptors (Lipinski definition) is 2. The molecule has 1 aliphatic carbocycles. The van der Waals surface area contributed by atoms with Crippen LogP contribution in [0.1, 0.15) is 13.8 Å². The van der Waals surface area contributed by atoms with Gasteiger partial charge in [-0.1, -0.05) is 11.6 Å². The van der Waals surface area contributed by atoms with Crippen molar-refractivity contribution in [2.24, 2.45) is 0 Å². The van der Waals surface area contributed by atoms with Crippen LogP contribution in [0.15, 0.2) is 23.8 Å². The topological polar surface area (TPSA) is 26.3 Å². The minimum absolute atomic E-state index is 0.00519. The van der Waals surface area contributed by atoms with Gasteiger partial charge < -0.3 is 4.74 Å². The number of carbonyl (C=O) groups is 1. The molecule has 0 radical (unpaired) electrons. The van der Waals surface area contributed by atoms with Crippen LogP contribution in [0.2, 0.25) is 0 Å². The van der Waals surface area contributed by atoms with E-state index >= 15 is 0 Å². The van der Waals surface area contributed by atoms with Crippen molar-refractivity contribution >= 4 is 5.78 Å². The van der Waals surface area contributed by atoms with Crippen molar-refractivity contribution in [2.45, 2.75) is 19.4 Å². The predicted molar refractivity (Wildman–Crippen MR) is 43.3 cm³/mol. The standard InChI is InChI=1S/C9H12O2/c1-7-4-5-8(10)9(2,6-7)11-3/h4-6H,1-3H3. The zero-order valence-electron chi connectivity index (χ0n) is 7.05. The highest BCUT2D eigenvalue weighted by Crippen LogP contribution is 2.20. The molecule has 2 nitrogen and oxygen atoms in total. The van der Waals surface area contributed by atoms with E-state index in [9.17, 15) is 4.79 Å². The molecule has 0 bridgehead atoms. The molecule has 11 heavy (non-hydrogen) atoms. The third kappa shape index (κ3) is 1.40. The minimum atomic E-state index is -0.737. The second-order valence-electron chi connectivity index (χ2n) is 2.90. The van der Waals surface area contributed by atoms with Gasteiger partial charge in [-0.15, -0.1) is 0 Å². The van der Waals surface area contributed by atoms with Gasteiger partial charge in [0.05, 0.1) is 0 Å². The first-order chi connectivity index (χ1) is 5.08. The van der Waals surface area contributed by atoms with Crippen molar-refractivity contribution < 1.29 is 9.53 Å². The predicted octanol–water partition coefficient (Wildman–Crippen LogP) is 1.48. The van der Waals surface area contributed by atoms with Crippen molar-refractivity contribution in [3.63, 3.8) is 0 Å². The molecule has 0 heterocycles. The van der Waals surface area contributed by atoms with Gasteiger partial charge in [0.15, 0.2) is 5.78 Å². The summed E-state index contributed by atoms with van der Waals surface area (Å²) in [4.78, 5) is 11.2. The number of carbonyl (C=O) groups excluding carboxylic acids is 1. The number of hydrogen-bond donors (Lipinski definition) is 0. The molecule has 60 valence electrons. The number of ketones is 1. The number of methoxy groups -OCH3 is 1. The molecule has 0 N–H and O–H groups in total. The van der Waals surface area contributed by atoms with E-state index in [0.29, 0.717) is 0 Å². The maximum atomic E-state index is 11.2. The van der Waals surface area contributed by atoms with Gasteiger partial charge >= 0.3 is 0 Å². The zero-order chi connectivity index (χ0) is 8.48. The molecule has 0 saturated carbocycles. The molecule has 1 aliphatic rings. The first-order valence-electron chi connectivity index (χ1n) is 3.55. The average molecular weight is 152 g/mol. The Bertz CT molecular complexity index is 238. The van der Waals surface area contributed by atoms with Crippen LogP contribution in [-0.4, -0.2) is 18.5 Å². The summed E-state index contributed by atoms with van der Waals surface area (Å²) in [5.74, 6) is 0.00519. The van der Waals surface area contributed by atoms with Gasteiger partial charge in [0.25, 0.3) is 0 Å². The molecular formula is C9H12O2. The van der Waals surface area contributed by atoms with Gasteiger partial charge in [-0.3, -0.25) is 4.79 Å². The van der Waals surface area contributed by atoms with Crippen LogP contribution in [0.25, 0.3) is 0 Å². The molecule has 0 spiro atoms. The molecule has 0 aliphatic heterocycles. The Hall–Kier alpha value is -0.890. The lowest BCUT2D eigenvalue weighted by Crippen LogP contribution is -2.35. The van der Waals surface area contributed by atoms with E-state index < -0.39 is 5.60 Å². The molecule has 0 aromatic rings. The van der Waals surface area contributed by atoms with Crippen LogP contribution in [0.3, 0.4) is 0 Å². The largest absolute Gasteiger partial charge is 0.366 e. The van der Waals surface area contributed by atoms with E-state index in [0.717, 1.165) is 5.57 Å². The molecule has 0 aromatic heterocycles. The van der Waals surface area contributed by atoms with E-state index in [4.69, 9.17) is 4.74 Å². The number of ether oxygens (including phenoxy) is 1. The highest BCUT2D eigenvalue weighted by atomic mass is 16.5. The Morgan fingerprint density at radius 1 is 1.45 bits per heavy atom. The van der Waals surface area contributed by atoms with Crippen LogP contribution in [0, 0.1) is 0 Å². The molecule has 0 saturated heterocycles. The van der Waals surface area contributed by atoms with Crippen LogP contribution in [0.4, 0.5) is 0 Å². The molecule has 1 unspecified atom stereocenters. The molecule has 0 aromatic carbocycles. The monoisotopic (exact) mass is 152 g/mol. The van der Waals surface area contributed by atoms with Crippen molar-refractivity contribution in [3.05, 3.63) is 23.8 Å². The van der Waals surface area contributed by atoms with E-state index in [1.807, 2.05) is 13.0 Å². The fraction of sp³-hybridized carbons (Fsp3) is 0.444. The molecule has 0 amide bonds. The Labute approximate surface area is 66.5 Å². The summed E-state index contributed by atoms with van der Waals surface area (Å²) in [6, 6.07) is 0. The third-order valence-corrected chi connectivity index (χ3v) is 1.91. The highest BCUT2D eigenvalue weighted by Gasteiger charge is 2.30. The summed E-state index contributed by atoms with van der Waals surface area (Å²) < 4.78 is 5.08. The lowest BCUT2D eigenvalue weighted by Gasteiger charge is -2.24. The van der Waals surface area contributed by atoms with Crippen molar-refractivity contribution in [3.8, 4) is 0 Å². The summed E-state index contributed by atoms with van der Waals surface area (Å²) in [7, 11) is 1.54. The fourth-order valence-electron chi connectivity index (χ4n) is 1.09. The van der Waals surface area contributed by atoms with Gasteiger partial charge in [0, 0.05) is 7.11 Å². The van der Waals surface area contributed by atoms with Gasteiger partial charge in [-0.2, -0.15) is 0 Å². The van der Waals surface area contributed by atoms with Crippen LogP contribution in [0.5, 0.6) is 0 Å². The summed E-state index contributed by atoms with van der Waals surface area (Å²) >= 11 is 0. The SMILES string of the molecule is COC1(C)C=C(C)C=CC1=O. The van der Waals surface area contributed by atoms with Gasteiger partial charge in [0.2, 0.25) is 0 Å². The fourth-order valence-corrected chi connectivity index (χ4v) is 1.09. The maximum absolute atomic E-state index is 11.2. The second-order valence-corrected chi connectivity index (χ2v) is 2.90. The minimum Gasteiger partial charge on any atom is -0.366 e. The summed E-state index contributed by atoms with van der Waals surface area (Å²) in [6.45, 7) is 3.71. The molecular weight excluding hydrogens is 140 g/mol. The maximum Gasteiger partial charge on any atom is 0.191 e. The Morgan fingerprint density at radius 2 is 2.09 bits per heavy atom. The Morgan fingerprint density at radius 3 is 2.55 bits per heavy atom. The summed E-state index contributed by atoms with van der Waals surface area (Å²) in [6.07, 6.45) is 5.18. The Kier molecular flexibility index (Phi) is 1.96. The second kappa shape index (κ2) is 2.62. The normalized spacial score (nSPS) is 30.5. The van der Waals surface area contributed by atoms with Crippen molar-refractivity contribution in [1.29, 1.82) is 0 Å². The molecule has 1 rings (SSSR count). The van der Waals surface area contributed by atoms with E-state index in [1.165, 1.54) is 0 Å². The Balaban J connectivity index is 2.98. The lowest BCUT2D eigenvalue weighted by molar-refractivity contribution is -0.129. The van der Waals surface area contributed by atoms with Crippen molar-refractivity contribution in [1.82, 2.24) is 0 Å². The number of rotatable bonds is 1. The van der Waals surface area contributed by atoms with E-state index in [1.54, 1.807) is 26.2 Å². The molecule has 2 heteroatoms. The van der Waals surface area contributed by atoms with Crippen LogP contribution < -0.4 is 0 Å². The van der Waals surface area contributed by atoms with Gasteiger partial charge in [-0.05, 0) is 26.0 Å². The smallest absolute Gasteiger partial charge is 0.191 e. The van der Waals surface area contributed by atoms with E-state index in [-0.39, 0.29) is 5.78 Å². The first-order valence-corrected chi connectivity index (χ1v) is 3.55. The van der Waals surface area contributed by atoms with Crippen molar-refractivity contribution in [2.75, 3.05) is 7.11 Å². The van der Waals surface area contributed by atoms with Gasteiger partial charge in [0.1, 0.15) is 5.60 Å². The van der Waals surface area contributed by atoms with E-state index in [2.05, 4.69) is 0 Å². The lowest BCUT2D eigenvalue weighted by atomic mass is 9.92. The van der Waals surface area contributed by atoms with Crippen LogP contribution >= 0.6 is 0 Å². The average Bonchev–Trinajstić information content (AvgIpc) is 1.98.